The highest BCUT2D eigenvalue weighted by Gasteiger charge is 2.29. The summed E-state index contributed by atoms with van der Waals surface area (Å²) < 4.78 is 1.81. The molecule has 1 aliphatic rings. The molecule has 21 heavy (non-hydrogen) atoms. The Morgan fingerprint density at radius 3 is 2.81 bits per heavy atom. The predicted molar refractivity (Wildman–Crippen MR) is 80.2 cm³/mol. The number of carbonyl (C=O) groups is 1. The van der Waals surface area contributed by atoms with Gasteiger partial charge in [0.1, 0.15) is 0 Å². The fourth-order valence-electron chi connectivity index (χ4n) is 2.95. The van der Waals surface area contributed by atoms with Crippen molar-refractivity contribution in [2.24, 2.45) is 7.05 Å². The average molecular weight is 284 g/mol. The lowest BCUT2D eigenvalue weighted by molar-refractivity contribution is 0.0789. The first kappa shape index (κ1) is 13.8. The molecule has 1 unspecified atom stereocenters. The molecule has 1 saturated heterocycles. The minimum absolute atomic E-state index is 0.0893. The van der Waals surface area contributed by atoms with E-state index in [1.54, 1.807) is 0 Å². The molecule has 0 aromatic carbocycles. The monoisotopic (exact) mass is 284 g/mol. The minimum atomic E-state index is 0.0893. The van der Waals surface area contributed by atoms with E-state index in [2.05, 4.69) is 10.1 Å². The second-order valence-electron chi connectivity index (χ2n) is 5.77. The van der Waals surface area contributed by atoms with Crippen LogP contribution in [-0.2, 0) is 7.05 Å². The molecule has 2 aromatic heterocycles. The van der Waals surface area contributed by atoms with E-state index in [4.69, 9.17) is 0 Å². The maximum atomic E-state index is 12.6. The van der Waals surface area contributed by atoms with Crippen LogP contribution in [0.15, 0.2) is 24.5 Å². The smallest absolute Gasteiger partial charge is 0.255 e. The van der Waals surface area contributed by atoms with Gasteiger partial charge in [0.05, 0.1) is 17.5 Å². The molecule has 0 spiro atoms. The summed E-state index contributed by atoms with van der Waals surface area (Å²) in [6.45, 7) is 5.40. The van der Waals surface area contributed by atoms with Crippen molar-refractivity contribution in [3.8, 4) is 0 Å². The van der Waals surface area contributed by atoms with Crippen LogP contribution in [0.1, 0.15) is 39.6 Å². The van der Waals surface area contributed by atoms with Gasteiger partial charge in [0.25, 0.3) is 5.91 Å². The van der Waals surface area contributed by atoms with Gasteiger partial charge in [0.15, 0.2) is 0 Å². The predicted octanol–water partition coefficient (Wildman–Crippen LogP) is 2.06. The van der Waals surface area contributed by atoms with Gasteiger partial charge >= 0.3 is 0 Å². The van der Waals surface area contributed by atoms with E-state index in [1.165, 1.54) is 5.56 Å². The van der Waals surface area contributed by atoms with Crippen molar-refractivity contribution in [1.29, 1.82) is 0 Å². The zero-order valence-electron chi connectivity index (χ0n) is 12.7. The summed E-state index contributed by atoms with van der Waals surface area (Å²) in [5.74, 6) is 0.479. The molecule has 5 heteroatoms. The molecule has 0 N–H and O–H groups in total. The highest BCUT2D eigenvalue weighted by atomic mass is 16.2. The SMILES string of the molecule is Cc1ccc(C(=O)N2CCC(c3cnn(C)c3)C2)c(C)n1. The fourth-order valence-corrected chi connectivity index (χ4v) is 2.95. The van der Waals surface area contributed by atoms with Crippen molar-refractivity contribution in [3.05, 3.63) is 47.0 Å². The van der Waals surface area contributed by atoms with Crippen LogP contribution in [0.3, 0.4) is 0 Å². The van der Waals surface area contributed by atoms with Crippen LogP contribution in [-0.4, -0.2) is 38.7 Å². The number of nitrogens with zero attached hydrogens (tertiary/aromatic N) is 4. The van der Waals surface area contributed by atoms with Crippen molar-refractivity contribution >= 4 is 5.91 Å². The Labute approximate surface area is 124 Å². The Hall–Kier alpha value is -2.17. The summed E-state index contributed by atoms with van der Waals surface area (Å²) in [5.41, 5.74) is 3.68. The van der Waals surface area contributed by atoms with Gasteiger partial charge in [-0.15, -0.1) is 0 Å². The van der Waals surface area contributed by atoms with Crippen molar-refractivity contribution in [2.45, 2.75) is 26.2 Å². The number of aryl methyl sites for hydroxylation is 3. The third-order valence-electron chi connectivity index (χ3n) is 4.13. The molecule has 0 radical (unpaired) electrons. The molecule has 5 nitrogen and oxygen atoms in total. The van der Waals surface area contributed by atoms with Gasteiger partial charge < -0.3 is 4.90 Å². The van der Waals surface area contributed by atoms with Crippen LogP contribution in [0, 0.1) is 13.8 Å². The Morgan fingerprint density at radius 2 is 2.14 bits per heavy atom. The summed E-state index contributed by atoms with van der Waals surface area (Å²) in [5, 5.41) is 4.22. The maximum Gasteiger partial charge on any atom is 0.255 e. The zero-order valence-corrected chi connectivity index (χ0v) is 12.7. The first-order valence-electron chi connectivity index (χ1n) is 7.26. The van der Waals surface area contributed by atoms with Gasteiger partial charge in [0.2, 0.25) is 0 Å². The molecule has 1 aliphatic heterocycles. The first-order chi connectivity index (χ1) is 10.0. The summed E-state index contributed by atoms with van der Waals surface area (Å²) >= 11 is 0. The van der Waals surface area contributed by atoms with Crippen molar-refractivity contribution in [1.82, 2.24) is 19.7 Å². The van der Waals surface area contributed by atoms with E-state index in [0.717, 1.165) is 30.9 Å². The highest BCUT2D eigenvalue weighted by molar-refractivity contribution is 5.95. The van der Waals surface area contributed by atoms with Crippen LogP contribution in [0.4, 0.5) is 0 Å². The second-order valence-corrected chi connectivity index (χ2v) is 5.77. The Balaban J connectivity index is 1.75. The maximum absolute atomic E-state index is 12.6. The summed E-state index contributed by atoms with van der Waals surface area (Å²) in [4.78, 5) is 18.9. The van der Waals surface area contributed by atoms with E-state index >= 15 is 0 Å². The first-order valence-corrected chi connectivity index (χ1v) is 7.26. The zero-order chi connectivity index (χ0) is 15.0. The third kappa shape index (κ3) is 2.68. The van der Waals surface area contributed by atoms with Crippen LogP contribution in [0.25, 0.3) is 0 Å². The average Bonchev–Trinajstić information content (AvgIpc) is 3.06. The molecule has 1 atom stereocenters. The molecular formula is C16H20N4O. The third-order valence-corrected chi connectivity index (χ3v) is 4.13. The lowest BCUT2D eigenvalue weighted by atomic mass is 10.0. The number of pyridine rings is 1. The van der Waals surface area contributed by atoms with Gasteiger partial charge in [-0.3, -0.25) is 14.5 Å². The van der Waals surface area contributed by atoms with Crippen LogP contribution < -0.4 is 0 Å². The Bertz CT molecular complexity index is 677. The molecule has 2 aromatic rings. The lowest BCUT2D eigenvalue weighted by Crippen LogP contribution is -2.29. The number of aromatic nitrogens is 3. The van der Waals surface area contributed by atoms with E-state index in [1.807, 2.05) is 55.0 Å². The molecule has 1 fully saturated rings. The number of hydrogen-bond donors (Lipinski definition) is 0. The van der Waals surface area contributed by atoms with Gasteiger partial charge in [-0.05, 0) is 38.0 Å². The standard InChI is InChI=1S/C16H20N4O/c1-11-4-5-15(12(2)18-11)16(21)20-7-6-13(10-20)14-8-17-19(3)9-14/h4-5,8-9,13H,6-7,10H2,1-3H3. The Kier molecular flexibility index (Phi) is 3.49. The van der Waals surface area contributed by atoms with E-state index in [9.17, 15) is 4.79 Å². The number of carbonyl (C=O) groups excluding carboxylic acids is 1. The lowest BCUT2D eigenvalue weighted by Gasteiger charge is -2.17. The molecule has 3 rings (SSSR count). The molecule has 0 bridgehead atoms. The molecule has 3 heterocycles. The fraction of sp³-hybridized carbons (Fsp3) is 0.438. The molecule has 0 saturated carbocycles. The molecule has 110 valence electrons. The van der Waals surface area contributed by atoms with E-state index < -0.39 is 0 Å². The van der Waals surface area contributed by atoms with E-state index in [-0.39, 0.29) is 5.91 Å². The normalized spacial score (nSPS) is 18.2. The summed E-state index contributed by atoms with van der Waals surface area (Å²) in [7, 11) is 1.92. The summed E-state index contributed by atoms with van der Waals surface area (Å²) in [6.07, 6.45) is 4.93. The molecule has 1 amide bonds. The largest absolute Gasteiger partial charge is 0.338 e. The minimum Gasteiger partial charge on any atom is -0.338 e. The van der Waals surface area contributed by atoms with Crippen LogP contribution in [0.5, 0.6) is 0 Å². The highest BCUT2D eigenvalue weighted by Crippen LogP contribution is 2.28. The second kappa shape index (κ2) is 5.31. The number of rotatable bonds is 2. The molecular weight excluding hydrogens is 264 g/mol. The van der Waals surface area contributed by atoms with Gasteiger partial charge in [-0.2, -0.15) is 5.10 Å². The Morgan fingerprint density at radius 1 is 1.33 bits per heavy atom. The van der Waals surface area contributed by atoms with Crippen LogP contribution in [0.2, 0.25) is 0 Å². The molecule has 0 aliphatic carbocycles. The van der Waals surface area contributed by atoms with Gasteiger partial charge in [-0.25, -0.2) is 0 Å². The summed E-state index contributed by atoms with van der Waals surface area (Å²) in [6, 6.07) is 3.78. The van der Waals surface area contributed by atoms with Crippen molar-refractivity contribution in [2.75, 3.05) is 13.1 Å². The van der Waals surface area contributed by atoms with Crippen molar-refractivity contribution < 1.29 is 4.79 Å². The number of amides is 1. The quantitative estimate of drug-likeness (QED) is 0.848. The van der Waals surface area contributed by atoms with Crippen molar-refractivity contribution in [3.63, 3.8) is 0 Å². The van der Waals surface area contributed by atoms with E-state index in [0.29, 0.717) is 11.5 Å². The number of likely N-dealkylation sites (tertiary alicyclic amines) is 1. The number of hydrogen-bond acceptors (Lipinski definition) is 3. The topological polar surface area (TPSA) is 51.0 Å². The van der Waals surface area contributed by atoms with Gasteiger partial charge in [-0.1, -0.05) is 0 Å². The van der Waals surface area contributed by atoms with Gasteiger partial charge in [0, 0.05) is 37.9 Å². The van der Waals surface area contributed by atoms with Crippen LogP contribution >= 0.6 is 0 Å².